The SMILES string of the molecule is CC1(C)OB(c2cccc(N)c2C=NC2CCCCO2)OC1(C)C. The van der Waals surface area contributed by atoms with Crippen molar-refractivity contribution in [1.82, 2.24) is 0 Å². The first kappa shape index (κ1) is 17.5. The Bertz CT molecular complexity index is 609. The van der Waals surface area contributed by atoms with Gasteiger partial charge in [-0.05, 0) is 58.5 Å². The van der Waals surface area contributed by atoms with Gasteiger partial charge in [-0.2, -0.15) is 0 Å². The first-order chi connectivity index (χ1) is 11.3. The van der Waals surface area contributed by atoms with Crippen LogP contribution in [0.3, 0.4) is 0 Å². The molecule has 2 aliphatic heterocycles. The number of hydrogen-bond acceptors (Lipinski definition) is 5. The number of nitrogens with zero attached hydrogens (tertiary/aromatic N) is 1. The molecule has 5 nitrogen and oxygen atoms in total. The summed E-state index contributed by atoms with van der Waals surface area (Å²) >= 11 is 0. The fraction of sp³-hybridized carbons (Fsp3) is 0.611. The Kier molecular flexibility index (Phi) is 4.73. The molecule has 0 amide bonds. The van der Waals surface area contributed by atoms with Gasteiger partial charge >= 0.3 is 7.12 Å². The van der Waals surface area contributed by atoms with E-state index < -0.39 is 7.12 Å². The molecule has 3 rings (SSSR count). The number of nitrogens with two attached hydrogens (primary N) is 1. The van der Waals surface area contributed by atoms with Gasteiger partial charge in [-0.15, -0.1) is 0 Å². The summed E-state index contributed by atoms with van der Waals surface area (Å²) in [6.07, 6.45) is 4.94. The lowest BCUT2D eigenvalue weighted by Crippen LogP contribution is -2.41. The Morgan fingerprint density at radius 2 is 1.88 bits per heavy atom. The van der Waals surface area contributed by atoms with E-state index in [1.165, 1.54) is 0 Å². The minimum Gasteiger partial charge on any atom is -0.399 e. The van der Waals surface area contributed by atoms with Crippen LogP contribution in [0.15, 0.2) is 23.2 Å². The van der Waals surface area contributed by atoms with E-state index in [4.69, 9.17) is 19.8 Å². The summed E-state index contributed by atoms with van der Waals surface area (Å²) in [4.78, 5) is 4.58. The number of ether oxygens (including phenoxy) is 1. The standard InChI is InChI=1S/C18H27BN2O3/c1-17(2)18(3,4)24-19(23-17)14-8-7-9-15(20)13(14)12-21-16-10-5-6-11-22-16/h7-9,12,16H,5-6,10-11,20H2,1-4H3. The van der Waals surface area contributed by atoms with Crippen molar-refractivity contribution in [3.63, 3.8) is 0 Å². The second kappa shape index (κ2) is 6.50. The summed E-state index contributed by atoms with van der Waals surface area (Å²) in [5.41, 5.74) is 7.86. The molecule has 0 spiro atoms. The average molecular weight is 330 g/mol. The Hall–Kier alpha value is -1.37. The summed E-state index contributed by atoms with van der Waals surface area (Å²) in [5, 5.41) is 0. The summed E-state index contributed by atoms with van der Waals surface area (Å²) in [5.74, 6) is 0. The molecular formula is C18H27BN2O3. The van der Waals surface area contributed by atoms with Gasteiger partial charge < -0.3 is 19.8 Å². The van der Waals surface area contributed by atoms with Crippen LogP contribution in [0.25, 0.3) is 0 Å². The molecular weight excluding hydrogens is 303 g/mol. The highest BCUT2D eigenvalue weighted by Crippen LogP contribution is 2.36. The Balaban J connectivity index is 1.87. The summed E-state index contributed by atoms with van der Waals surface area (Å²) in [6.45, 7) is 8.95. The zero-order valence-corrected chi connectivity index (χ0v) is 15.0. The molecule has 130 valence electrons. The third kappa shape index (κ3) is 3.36. The van der Waals surface area contributed by atoms with Crippen LogP contribution in [0.4, 0.5) is 5.69 Å². The minimum absolute atomic E-state index is 0.0792. The molecule has 2 fully saturated rings. The van der Waals surface area contributed by atoms with Crippen molar-refractivity contribution in [1.29, 1.82) is 0 Å². The van der Waals surface area contributed by atoms with Gasteiger partial charge in [0.15, 0.2) is 0 Å². The van der Waals surface area contributed by atoms with E-state index in [1.807, 2.05) is 52.1 Å². The van der Waals surface area contributed by atoms with Gasteiger partial charge in [0, 0.05) is 24.1 Å². The molecule has 2 aliphatic rings. The van der Waals surface area contributed by atoms with Gasteiger partial charge in [-0.25, -0.2) is 0 Å². The van der Waals surface area contributed by atoms with Crippen molar-refractivity contribution in [2.45, 2.75) is 64.4 Å². The van der Waals surface area contributed by atoms with Gasteiger partial charge in [0.1, 0.15) is 6.23 Å². The number of hydrogen-bond donors (Lipinski definition) is 1. The highest BCUT2D eigenvalue weighted by atomic mass is 16.7. The summed E-state index contributed by atoms with van der Waals surface area (Å²) < 4.78 is 18.0. The van der Waals surface area contributed by atoms with E-state index in [0.717, 1.165) is 36.9 Å². The largest absolute Gasteiger partial charge is 0.495 e. The van der Waals surface area contributed by atoms with Crippen LogP contribution in [0.5, 0.6) is 0 Å². The second-order valence-corrected chi connectivity index (χ2v) is 7.54. The molecule has 0 aromatic heterocycles. The van der Waals surface area contributed by atoms with Crippen LogP contribution in [0, 0.1) is 0 Å². The van der Waals surface area contributed by atoms with Crippen LogP contribution < -0.4 is 11.2 Å². The lowest BCUT2D eigenvalue weighted by atomic mass is 9.75. The van der Waals surface area contributed by atoms with Gasteiger partial charge in [-0.1, -0.05) is 12.1 Å². The minimum atomic E-state index is -0.452. The molecule has 0 bridgehead atoms. The third-order valence-electron chi connectivity index (χ3n) is 5.21. The maximum Gasteiger partial charge on any atom is 0.495 e. The molecule has 6 heteroatoms. The highest BCUT2D eigenvalue weighted by molar-refractivity contribution is 6.63. The van der Waals surface area contributed by atoms with E-state index in [9.17, 15) is 0 Å². The summed E-state index contributed by atoms with van der Waals surface area (Å²) in [6, 6.07) is 5.78. The van der Waals surface area contributed by atoms with E-state index in [-0.39, 0.29) is 17.4 Å². The Morgan fingerprint density at radius 3 is 2.50 bits per heavy atom. The fourth-order valence-electron chi connectivity index (χ4n) is 2.93. The van der Waals surface area contributed by atoms with Crippen molar-refractivity contribution in [2.24, 2.45) is 4.99 Å². The molecule has 0 saturated carbocycles. The number of aliphatic imine (C=N–C) groups is 1. The molecule has 2 saturated heterocycles. The molecule has 2 heterocycles. The highest BCUT2D eigenvalue weighted by Gasteiger charge is 2.52. The second-order valence-electron chi connectivity index (χ2n) is 7.54. The smallest absolute Gasteiger partial charge is 0.399 e. The van der Waals surface area contributed by atoms with Crippen LogP contribution >= 0.6 is 0 Å². The third-order valence-corrected chi connectivity index (χ3v) is 5.21. The van der Waals surface area contributed by atoms with E-state index in [0.29, 0.717) is 5.69 Å². The molecule has 2 N–H and O–H groups in total. The Labute approximate surface area is 144 Å². The van der Waals surface area contributed by atoms with Crippen LogP contribution in [0.2, 0.25) is 0 Å². The predicted molar refractivity (Wildman–Crippen MR) is 97.8 cm³/mol. The predicted octanol–water partition coefficient (Wildman–Crippen LogP) is 2.51. The first-order valence-electron chi connectivity index (χ1n) is 8.69. The molecule has 1 aromatic rings. The summed E-state index contributed by atoms with van der Waals surface area (Å²) in [7, 11) is -0.452. The van der Waals surface area contributed by atoms with Gasteiger partial charge in [0.2, 0.25) is 0 Å². The monoisotopic (exact) mass is 330 g/mol. The van der Waals surface area contributed by atoms with Crippen molar-refractivity contribution < 1.29 is 14.0 Å². The van der Waals surface area contributed by atoms with Gasteiger partial charge in [-0.3, -0.25) is 4.99 Å². The van der Waals surface area contributed by atoms with E-state index in [1.54, 1.807) is 0 Å². The first-order valence-corrected chi connectivity index (χ1v) is 8.69. The normalized spacial score (nSPS) is 26.2. The molecule has 1 atom stereocenters. The van der Waals surface area contributed by atoms with Crippen molar-refractivity contribution in [3.05, 3.63) is 23.8 Å². The fourth-order valence-corrected chi connectivity index (χ4v) is 2.93. The zero-order chi connectivity index (χ0) is 17.4. The number of benzene rings is 1. The number of rotatable bonds is 3. The van der Waals surface area contributed by atoms with E-state index >= 15 is 0 Å². The van der Waals surface area contributed by atoms with Crippen LogP contribution in [-0.4, -0.2) is 37.4 Å². The van der Waals surface area contributed by atoms with Gasteiger partial charge in [0.25, 0.3) is 0 Å². The molecule has 1 aromatic carbocycles. The van der Waals surface area contributed by atoms with Crippen LogP contribution in [0.1, 0.15) is 52.5 Å². The van der Waals surface area contributed by atoms with Crippen molar-refractivity contribution >= 4 is 24.5 Å². The van der Waals surface area contributed by atoms with Crippen LogP contribution in [-0.2, 0) is 14.0 Å². The lowest BCUT2D eigenvalue weighted by molar-refractivity contribution is 0.00578. The quantitative estimate of drug-likeness (QED) is 0.525. The zero-order valence-electron chi connectivity index (χ0n) is 15.0. The lowest BCUT2D eigenvalue weighted by Gasteiger charge is -2.32. The van der Waals surface area contributed by atoms with Gasteiger partial charge in [0.05, 0.1) is 11.2 Å². The number of anilines is 1. The van der Waals surface area contributed by atoms with E-state index in [2.05, 4.69) is 4.99 Å². The maximum atomic E-state index is 6.20. The molecule has 1 unspecified atom stereocenters. The molecule has 0 aliphatic carbocycles. The van der Waals surface area contributed by atoms with Crippen molar-refractivity contribution in [3.8, 4) is 0 Å². The van der Waals surface area contributed by atoms with Crippen molar-refractivity contribution in [2.75, 3.05) is 12.3 Å². The topological polar surface area (TPSA) is 66.1 Å². The Morgan fingerprint density at radius 1 is 1.17 bits per heavy atom. The molecule has 0 radical (unpaired) electrons. The number of nitrogen functional groups attached to an aromatic ring is 1. The maximum absolute atomic E-state index is 6.20. The average Bonchev–Trinajstić information content (AvgIpc) is 2.75. The molecule has 24 heavy (non-hydrogen) atoms.